The zero-order chi connectivity index (χ0) is 18.7. The highest BCUT2D eigenvalue weighted by Crippen LogP contribution is 2.32. The lowest BCUT2D eigenvalue weighted by Crippen LogP contribution is -2.31. The summed E-state index contributed by atoms with van der Waals surface area (Å²) in [7, 11) is 0. The van der Waals surface area contributed by atoms with Crippen LogP contribution in [0.15, 0.2) is 52.9 Å². The van der Waals surface area contributed by atoms with E-state index in [1.807, 2.05) is 13.8 Å². The van der Waals surface area contributed by atoms with E-state index < -0.39 is 11.7 Å². The van der Waals surface area contributed by atoms with E-state index in [2.05, 4.69) is 5.32 Å². The van der Waals surface area contributed by atoms with E-state index in [9.17, 15) is 14.0 Å². The SMILES string of the molecule is CCN(CC)C(=O)c1oc2ccccc2c1NC(=O)c1ccccc1F. The molecule has 0 aliphatic carbocycles. The van der Waals surface area contributed by atoms with Crippen molar-refractivity contribution in [3.8, 4) is 0 Å². The number of fused-ring (bicyclic) bond motifs is 1. The molecule has 6 heteroatoms. The third-order valence-corrected chi connectivity index (χ3v) is 4.20. The number of rotatable bonds is 5. The maximum absolute atomic E-state index is 13.9. The molecule has 1 aromatic heterocycles. The normalized spacial score (nSPS) is 10.7. The first-order valence-corrected chi connectivity index (χ1v) is 8.43. The molecule has 26 heavy (non-hydrogen) atoms. The molecule has 1 N–H and O–H groups in total. The molecular weight excluding hydrogens is 335 g/mol. The minimum Gasteiger partial charge on any atom is -0.449 e. The maximum Gasteiger partial charge on any atom is 0.291 e. The highest BCUT2D eigenvalue weighted by Gasteiger charge is 2.26. The third kappa shape index (κ3) is 3.18. The highest BCUT2D eigenvalue weighted by atomic mass is 19.1. The molecule has 3 rings (SSSR count). The number of carbonyl (C=O) groups is 2. The quantitative estimate of drug-likeness (QED) is 0.743. The molecule has 0 saturated carbocycles. The average Bonchev–Trinajstić information content (AvgIpc) is 3.01. The number of nitrogens with zero attached hydrogens (tertiary/aromatic N) is 1. The maximum atomic E-state index is 13.9. The molecule has 134 valence electrons. The first kappa shape index (κ1) is 17.7. The van der Waals surface area contributed by atoms with Gasteiger partial charge in [-0.2, -0.15) is 0 Å². The molecule has 2 aromatic carbocycles. The number of carbonyl (C=O) groups excluding carboxylic acids is 2. The number of hydrogen-bond donors (Lipinski definition) is 1. The molecule has 0 unspecified atom stereocenters. The lowest BCUT2D eigenvalue weighted by molar-refractivity contribution is 0.0745. The minimum atomic E-state index is -0.636. The number of furan rings is 1. The van der Waals surface area contributed by atoms with E-state index in [0.29, 0.717) is 24.1 Å². The van der Waals surface area contributed by atoms with Crippen LogP contribution in [0.5, 0.6) is 0 Å². The van der Waals surface area contributed by atoms with Gasteiger partial charge in [0, 0.05) is 18.5 Å². The summed E-state index contributed by atoms with van der Waals surface area (Å²) in [5.74, 6) is -1.55. The van der Waals surface area contributed by atoms with Crippen molar-refractivity contribution in [2.24, 2.45) is 0 Å². The van der Waals surface area contributed by atoms with Gasteiger partial charge in [0.25, 0.3) is 11.8 Å². The summed E-state index contributed by atoms with van der Waals surface area (Å²) in [6, 6.07) is 12.7. The van der Waals surface area contributed by atoms with Gasteiger partial charge in [0.1, 0.15) is 17.1 Å². The molecule has 0 aliphatic rings. The first-order chi connectivity index (χ1) is 12.6. The smallest absolute Gasteiger partial charge is 0.291 e. The second-order valence-electron chi connectivity index (χ2n) is 5.71. The van der Waals surface area contributed by atoms with Gasteiger partial charge in [-0.05, 0) is 38.1 Å². The molecule has 1 heterocycles. The lowest BCUT2D eigenvalue weighted by atomic mass is 10.1. The molecular formula is C20H19FN2O3. The fourth-order valence-electron chi connectivity index (χ4n) is 2.80. The van der Waals surface area contributed by atoms with E-state index in [1.54, 1.807) is 35.2 Å². The Balaban J connectivity index is 2.06. The molecule has 0 fully saturated rings. The molecule has 0 radical (unpaired) electrons. The van der Waals surface area contributed by atoms with Gasteiger partial charge in [-0.15, -0.1) is 0 Å². The zero-order valence-electron chi connectivity index (χ0n) is 14.6. The standard InChI is InChI=1S/C20H19FN2O3/c1-3-23(4-2)20(25)18-17(14-10-6-8-12-16(14)26-18)22-19(24)13-9-5-7-11-15(13)21/h5-12H,3-4H2,1-2H3,(H,22,24). The van der Waals surface area contributed by atoms with E-state index >= 15 is 0 Å². The van der Waals surface area contributed by atoms with Gasteiger partial charge in [0.2, 0.25) is 5.76 Å². The van der Waals surface area contributed by atoms with Gasteiger partial charge < -0.3 is 14.6 Å². The van der Waals surface area contributed by atoms with Crippen LogP contribution in [-0.2, 0) is 0 Å². The Morgan fingerprint density at radius 2 is 1.69 bits per heavy atom. The van der Waals surface area contributed by atoms with Crippen molar-refractivity contribution in [2.45, 2.75) is 13.8 Å². The van der Waals surface area contributed by atoms with E-state index in [0.717, 1.165) is 0 Å². The Morgan fingerprint density at radius 3 is 2.38 bits per heavy atom. The van der Waals surface area contributed by atoms with Gasteiger partial charge in [0.05, 0.1) is 5.56 Å². The number of para-hydroxylation sites is 1. The van der Waals surface area contributed by atoms with Crippen molar-refractivity contribution >= 4 is 28.5 Å². The average molecular weight is 354 g/mol. The second-order valence-corrected chi connectivity index (χ2v) is 5.71. The number of benzene rings is 2. The first-order valence-electron chi connectivity index (χ1n) is 8.43. The topological polar surface area (TPSA) is 62.6 Å². The summed E-state index contributed by atoms with van der Waals surface area (Å²) in [5.41, 5.74) is 0.636. The molecule has 2 amide bonds. The van der Waals surface area contributed by atoms with Gasteiger partial charge in [-0.1, -0.05) is 24.3 Å². The number of hydrogen-bond acceptors (Lipinski definition) is 3. The van der Waals surface area contributed by atoms with Crippen LogP contribution in [-0.4, -0.2) is 29.8 Å². The van der Waals surface area contributed by atoms with Crippen molar-refractivity contribution in [1.82, 2.24) is 4.90 Å². The summed E-state index contributed by atoms with van der Waals surface area (Å²) in [6.45, 7) is 4.74. The Morgan fingerprint density at radius 1 is 1.04 bits per heavy atom. The Bertz CT molecular complexity index is 961. The zero-order valence-corrected chi connectivity index (χ0v) is 14.6. The molecule has 0 bridgehead atoms. The van der Waals surface area contributed by atoms with E-state index in [4.69, 9.17) is 4.42 Å². The summed E-state index contributed by atoms with van der Waals surface area (Å²) in [6.07, 6.45) is 0. The van der Waals surface area contributed by atoms with Crippen molar-refractivity contribution in [1.29, 1.82) is 0 Å². The van der Waals surface area contributed by atoms with Crippen LogP contribution >= 0.6 is 0 Å². The predicted octanol–water partition coefficient (Wildman–Crippen LogP) is 4.31. The molecule has 0 spiro atoms. The third-order valence-electron chi connectivity index (χ3n) is 4.20. The fraction of sp³-hybridized carbons (Fsp3) is 0.200. The van der Waals surface area contributed by atoms with Gasteiger partial charge in [-0.3, -0.25) is 9.59 Å². The second kappa shape index (κ2) is 7.39. The van der Waals surface area contributed by atoms with Crippen LogP contribution in [0.1, 0.15) is 34.8 Å². The number of halogens is 1. The van der Waals surface area contributed by atoms with Crippen LogP contribution in [0.3, 0.4) is 0 Å². The van der Waals surface area contributed by atoms with Crippen LogP contribution in [0, 0.1) is 5.82 Å². The molecule has 0 aliphatic heterocycles. The number of amides is 2. The van der Waals surface area contributed by atoms with Crippen molar-refractivity contribution in [3.05, 3.63) is 65.7 Å². The summed E-state index contributed by atoms with van der Waals surface area (Å²) in [5, 5.41) is 3.24. The van der Waals surface area contributed by atoms with Gasteiger partial charge in [-0.25, -0.2) is 4.39 Å². The van der Waals surface area contributed by atoms with E-state index in [-0.39, 0.29) is 22.9 Å². The molecule has 5 nitrogen and oxygen atoms in total. The molecule has 3 aromatic rings. The summed E-state index contributed by atoms with van der Waals surface area (Å²) >= 11 is 0. The fourth-order valence-corrected chi connectivity index (χ4v) is 2.80. The molecule has 0 saturated heterocycles. The summed E-state index contributed by atoms with van der Waals surface area (Å²) < 4.78 is 19.6. The predicted molar refractivity (Wildman–Crippen MR) is 97.8 cm³/mol. The van der Waals surface area contributed by atoms with E-state index in [1.165, 1.54) is 18.2 Å². The van der Waals surface area contributed by atoms with Gasteiger partial charge in [0.15, 0.2) is 0 Å². The van der Waals surface area contributed by atoms with Crippen molar-refractivity contribution in [2.75, 3.05) is 18.4 Å². The highest BCUT2D eigenvalue weighted by molar-refractivity contribution is 6.14. The van der Waals surface area contributed by atoms with Crippen LogP contribution in [0.4, 0.5) is 10.1 Å². The lowest BCUT2D eigenvalue weighted by Gasteiger charge is -2.17. The largest absolute Gasteiger partial charge is 0.449 e. The van der Waals surface area contributed by atoms with Crippen LogP contribution in [0.25, 0.3) is 11.0 Å². The van der Waals surface area contributed by atoms with Gasteiger partial charge >= 0.3 is 0 Å². The van der Waals surface area contributed by atoms with Crippen molar-refractivity contribution in [3.63, 3.8) is 0 Å². The summed E-state index contributed by atoms with van der Waals surface area (Å²) in [4.78, 5) is 26.9. The van der Waals surface area contributed by atoms with Crippen LogP contribution < -0.4 is 5.32 Å². The van der Waals surface area contributed by atoms with Crippen LogP contribution in [0.2, 0.25) is 0 Å². The number of anilines is 1. The molecule has 0 atom stereocenters. The Labute approximate surface area is 150 Å². The Hall–Kier alpha value is -3.15. The monoisotopic (exact) mass is 354 g/mol. The van der Waals surface area contributed by atoms with Crippen molar-refractivity contribution < 1.29 is 18.4 Å². The number of nitrogens with one attached hydrogen (secondary N) is 1. The minimum absolute atomic E-state index is 0.0413. The Kier molecular flexibility index (Phi) is 5.02.